The van der Waals surface area contributed by atoms with Gasteiger partial charge < -0.3 is 0 Å². The number of benzene rings is 1. The summed E-state index contributed by atoms with van der Waals surface area (Å²) in [4.78, 5) is 0. The third kappa shape index (κ3) is 3.70. The van der Waals surface area contributed by atoms with Crippen LogP contribution in [0.1, 0.15) is 27.7 Å². The number of hydrogen-bond donors (Lipinski definition) is 0. The quantitative estimate of drug-likeness (QED) is 0.542. The Morgan fingerprint density at radius 1 is 0.933 bits per heavy atom. The van der Waals surface area contributed by atoms with Crippen LogP contribution in [0.3, 0.4) is 0 Å². The molecule has 0 aliphatic rings. The van der Waals surface area contributed by atoms with Gasteiger partial charge in [-0.2, -0.15) is 0 Å². The topological polar surface area (TPSA) is 28.0 Å². The average molecular weight is 205 g/mol. The van der Waals surface area contributed by atoms with Crippen molar-refractivity contribution in [1.82, 2.24) is 5.01 Å². The predicted octanol–water partition coefficient (Wildman–Crippen LogP) is 3.80. The highest BCUT2D eigenvalue weighted by atomic mass is 15.6. The van der Waals surface area contributed by atoms with Crippen molar-refractivity contribution in [2.75, 3.05) is 0 Å². The summed E-state index contributed by atoms with van der Waals surface area (Å²) in [6.45, 7) is 8.46. The molecule has 1 aromatic rings. The Morgan fingerprint density at radius 2 is 1.47 bits per heavy atom. The summed E-state index contributed by atoms with van der Waals surface area (Å²) >= 11 is 0. The maximum Gasteiger partial charge on any atom is 0.0874 e. The van der Waals surface area contributed by atoms with Crippen molar-refractivity contribution in [2.45, 2.75) is 39.8 Å². The van der Waals surface area contributed by atoms with Crippen LogP contribution < -0.4 is 0 Å². The molecule has 0 bridgehead atoms. The molecule has 0 aliphatic carbocycles. The van der Waals surface area contributed by atoms with Crippen LogP contribution in [0.25, 0.3) is 0 Å². The zero-order chi connectivity index (χ0) is 11.3. The van der Waals surface area contributed by atoms with Crippen LogP contribution in [0.15, 0.2) is 40.7 Å². The summed E-state index contributed by atoms with van der Waals surface area (Å²) in [5, 5.41) is 10.4. The van der Waals surface area contributed by atoms with E-state index >= 15 is 0 Å². The molecule has 3 heteroatoms. The molecule has 0 saturated heterocycles. The van der Waals surface area contributed by atoms with Crippen molar-refractivity contribution in [1.29, 1.82) is 0 Å². The van der Waals surface area contributed by atoms with Crippen LogP contribution in [0.5, 0.6) is 0 Å². The predicted molar refractivity (Wildman–Crippen MR) is 63.1 cm³/mol. The molecule has 0 aliphatic heterocycles. The average Bonchev–Trinajstić information content (AvgIpc) is 2.18. The summed E-state index contributed by atoms with van der Waals surface area (Å²) in [5.74, 6) is 0. The van der Waals surface area contributed by atoms with E-state index in [1.807, 2.05) is 35.3 Å². The summed E-state index contributed by atoms with van der Waals surface area (Å²) in [7, 11) is 0. The van der Waals surface area contributed by atoms with Gasteiger partial charge in [0.15, 0.2) is 0 Å². The molecule has 1 aromatic carbocycles. The lowest BCUT2D eigenvalue weighted by Crippen LogP contribution is -2.31. The van der Waals surface area contributed by atoms with Crippen LogP contribution in [0.2, 0.25) is 0 Å². The Labute approximate surface area is 91.8 Å². The van der Waals surface area contributed by atoms with Crippen molar-refractivity contribution in [3.05, 3.63) is 30.3 Å². The summed E-state index contributed by atoms with van der Waals surface area (Å²) in [6.07, 6.45) is 0. The van der Waals surface area contributed by atoms with Crippen molar-refractivity contribution in [3.63, 3.8) is 0 Å². The van der Waals surface area contributed by atoms with Crippen LogP contribution in [0, 0.1) is 0 Å². The summed E-state index contributed by atoms with van der Waals surface area (Å²) < 4.78 is 0. The van der Waals surface area contributed by atoms with E-state index in [0.29, 0.717) is 12.1 Å². The molecule has 0 unspecified atom stereocenters. The van der Waals surface area contributed by atoms with E-state index in [1.165, 1.54) is 0 Å². The molecule has 0 heterocycles. The lowest BCUT2D eigenvalue weighted by molar-refractivity contribution is 0.169. The van der Waals surface area contributed by atoms with Crippen LogP contribution in [-0.4, -0.2) is 17.1 Å². The highest BCUT2D eigenvalue weighted by Crippen LogP contribution is 2.13. The second-order valence-corrected chi connectivity index (χ2v) is 4.09. The van der Waals surface area contributed by atoms with Crippen LogP contribution in [-0.2, 0) is 0 Å². The Balaban J connectivity index is 2.70. The monoisotopic (exact) mass is 205 g/mol. The molecule has 0 atom stereocenters. The summed E-state index contributed by atoms with van der Waals surface area (Å²) in [6, 6.07) is 10.5. The molecule has 1 rings (SSSR count). The number of rotatable bonds is 4. The van der Waals surface area contributed by atoms with Gasteiger partial charge in [0.1, 0.15) is 0 Å². The van der Waals surface area contributed by atoms with Gasteiger partial charge in [-0.3, -0.25) is 5.01 Å². The zero-order valence-electron chi connectivity index (χ0n) is 9.88. The molecule has 15 heavy (non-hydrogen) atoms. The molecule has 0 amide bonds. The maximum atomic E-state index is 4.25. The fraction of sp³-hybridized carbons (Fsp3) is 0.500. The van der Waals surface area contributed by atoms with Gasteiger partial charge in [-0.15, -0.1) is 5.11 Å². The number of nitrogens with zero attached hydrogens (tertiary/aromatic N) is 3. The molecule has 82 valence electrons. The molecule has 0 saturated carbocycles. The van der Waals surface area contributed by atoms with E-state index in [2.05, 4.69) is 38.0 Å². The molecule has 3 nitrogen and oxygen atoms in total. The second-order valence-electron chi connectivity index (χ2n) is 4.09. The normalized spacial score (nSPS) is 11.6. The van der Waals surface area contributed by atoms with E-state index in [-0.39, 0.29) is 0 Å². The molecule has 0 N–H and O–H groups in total. The fourth-order valence-electron chi connectivity index (χ4n) is 1.40. The fourth-order valence-corrected chi connectivity index (χ4v) is 1.40. The van der Waals surface area contributed by atoms with Gasteiger partial charge in [0, 0.05) is 12.1 Å². The van der Waals surface area contributed by atoms with Crippen LogP contribution in [0.4, 0.5) is 5.69 Å². The van der Waals surface area contributed by atoms with E-state index in [0.717, 1.165) is 5.69 Å². The molecule has 0 fully saturated rings. The van der Waals surface area contributed by atoms with Gasteiger partial charge in [0.25, 0.3) is 0 Å². The molecular formula is C12H19N3. The summed E-state index contributed by atoms with van der Waals surface area (Å²) in [5.41, 5.74) is 0.892. The van der Waals surface area contributed by atoms with Gasteiger partial charge in [-0.1, -0.05) is 23.4 Å². The molecule has 0 spiro atoms. The minimum Gasteiger partial charge on any atom is -0.273 e. The van der Waals surface area contributed by atoms with Crippen molar-refractivity contribution in [2.24, 2.45) is 10.3 Å². The van der Waals surface area contributed by atoms with E-state index in [4.69, 9.17) is 0 Å². The van der Waals surface area contributed by atoms with Crippen molar-refractivity contribution < 1.29 is 0 Å². The Hall–Kier alpha value is -1.38. The van der Waals surface area contributed by atoms with Crippen molar-refractivity contribution >= 4 is 5.69 Å². The van der Waals surface area contributed by atoms with Crippen LogP contribution >= 0.6 is 0 Å². The third-order valence-corrected chi connectivity index (χ3v) is 2.08. The number of hydrogen-bond acceptors (Lipinski definition) is 2. The first-order valence-corrected chi connectivity index (χ1v) is 5.36. The van der Waals surface area contributed by atoms with Crippen molar-refractivity contribution in [3.8, 4) is 0 Å². The lowest BCUT2D eigenvalue weighted by atomic mass is 10.3. The lowest BCUT2D eigenvalue weighted by Gasteiger charge is -2.25. The highest BCUT2D eigenvalue weighted by molar-refractivity contribution is 5.34. The molecule has 0 aromatic heterocycles. The second kappa shape index (κ2) is 5.49. The van der Waals surface area contributed by atoms with E-state index < -0.39 is 0 Å². The molecular weight excluding hydrogens is 186 g/mol. The maximum absolute atomic E-state index is 4.25. The highest BCUT2D eigenvalue weighted by Gasteiger charge is 2.09. The Kier molecular flexibility index (Phi) is 4.28. The van der Waals surface area contributed by atoms with E-state index in [1.54, 1.807) is 0 Å². The van der Waals surface area contributed by atoms with Gasteiger partial charge in [-0.25, -0.2) is 0 Å². The van der Waals surface area contributed by atoms with Gasteiger partial charge in [0.2, 0.25) is 0 Å². The molecule has 0 radical (unpaired) electrons. The Morgan fingerprint density at radius 3 is 1.93 bits per heavy atom. The third-order valence-electron chi connectivity index (χ3n) is 2.08. The first kappa shape index (κ1) is 11.7. The smallest absolute Gasteiger partial charge is 0.0874 e. The minimum absolute atomic E-state index is 0.373. The SMILES string of the molecule is CC(C)N(N=Nc1ccccc1)C(C)C. The first-order valence-electron chi connectivity index (χ1n) is 5.36. The van der Waals surface area contributed by atoms with E-state index in [9.17, 15) is 0 Å². The first-order chi connectivity index (χ1) is 7.11. The Bertz CT molecular complexity index is 296. The minimum atomic E-state index is 0.373. The zero-order valence-corrected chi connectivity index (χ0v) is 9.88. The standard InChI is InChI=1S/C12H19N3/c1-10(2)15(11(3)4)14-13-12-8-6-5-7-9-12/h5-11H,1-4H3. The van der Waals surface area contributed by atoms with Gasteiger partial charge in [-0.05, 0) is 39.8 Å². The van der Waals surface area contributed by atoms with Gasteiger partial charge >= 0.3 is 0 Å². The largest absolute Gasteiger partial charge is 0.273 e. The van der Waals surface area contributed by atoms with Gasteiger partial charge in [0.05, 0.1) is 5.69 Å².